The van der Waals surface area contributed by atoms with Crippen molar-refractivity contribution >= 4 is 15.9 Å². The molecule has 1 unspecified atom stereocenters. The fourth-order valence-electron chi connectivity index (χ4n) is 1.80. The largest absolute Gasteiger partial charge is 0.472 e. The average Bonchev–Trinajstić information content (AvgIpc) is 2.77. The van der Waals surface area contributed by atoms with Crippen LogP contribution in [-0.2, 0) is 0 Å². The number of rotatable bonds is 2. The van der Waals surface area contributed by atoms with Crippen LogP contribution in [0.15, 0.2) is 39.6 Å². The molecule has 0 aliphatic carbocycles. The first-order valence-corrected chi connectivity index (χ1v) is 5.93. The first-order valence-electron chi connectivity index (χ1n) is 5.14. The minimum Gasteiger partial charge on any atom is -0.472 e. The predicted molar refractivity (Wildman–Crippen MR) is 68.4 cm³/mol. The molecule has 2 aromatic rings. The van der Waals surface area contributed by atoms with E-state index in [1.807, 2.05) is 6.07 Å². The van der Waals surface area contributed by atoms with Gasteiger partial charge in [0.2, 0.25) is 0 Å². The third-order valence-electron chi connectivity index (χ3n) is 2.72. The van der Waals surface area contributed by atoms with Crippen molar-refractivity contribution < 1.29 is 4.42 Å². The SMILES string of the molecule is Cc1cc(C(N)c2ccoc2)cc(C)c1Br. The highest BCUT2D eigenvalue weighted by Crippen LogP contribution is 2.27. The Kier molecular flexibility index (Phi) is 3.17. The lowest BCUT2D eigenvalue weighted by Gasteiger charge is -2.13. The Morgan fingerprint density at radius 2 is 1.81 bits per heavy atom. The molecule has 16 heavy (non-hydrogen) atoms. The minimum atomic E-state index is -0.121. The zero-order valence-corrected chi connectivity index (χ0v) is 10.9. The van der Waals surface area contributed by atoms with Gasteiger partial charge in [-0.05, 0) is 36.6 Å². The van der Waals surface area contributed by atoms with Crippen molar-refractivity contribution in [3.8, 4) is 0 Å². The van der Waals surface area contributed by atoms with Crippen LogP contribution in [0.4, 0.5) is 0 Å². The van der Waals surface area contributed by atoms with E-state index in [-0.39, 0.29) is 6.04 Å². The third-order valence-corrected chi connectivity index (χ3v) is 3.97. The second-order valence-electron chi connectivity index (χ2n) is 4.00. The molecule has 2 rings (SSSR count). The summed E-state index contributed by atoms with van der Waals surface area (Å²) in [6.07, 6.45) is 3.34. The molecular formula is C13H14BrNO. The molecule has 0 saturated heterocycles. The van der Waals surface area contributed by atoms with Crippen molar-refractivity contribution in [2.24, 2.45) is 5.73 Å². The molecule has 1 aromatic carbocycles. The number of benzene rings is 1. The molecule has 2 N–H and O–H groups in total. The number of halogens is 1. The number of aryl methyl sites for hydroxylation is 2. The molecule has 2 nitrogen and oxygen atoms in total. The third kappa shape index (κ3) is 2.06. The molecule has 1 heterocycles. The molecule has 0 saturated carbocycles. The second kappa shape index (κ2) is 4.44. The van der Waals surface area contributed by atoms with Crippen molar-refractivity contribution in [2.45, 2.75) is 19.9 Å². The predicted octanol–water partition coefficient (Wildman–Crippen LogP) is 3.71. The Bertz CT molecular complexity index is 468. The monoisotopic (exact) mass is 279 g/mol. The number of furan rings is 1. The van der Waals surface area contributed by atoms with Crippen LogP contribution >= 0.6 is 15.9 Å². The maximum atomic E-state index is 6.17. The van der Waals surface area contributed by atoms with E-state index < -0.39 is 0 Å². The summed E-state index contributed by atoms with van der Waals surface area (Å²) in [5.74, 6) is 0. The first kappa shape index (κ1) is 11.4. The van der Waals surface area contributed by atoms with Crippen molar-refractivity contribution in [3.05, 3.63) is 57.5 Å². The van der Waals surface area contributed by atoms with E-state index in [4.69, 9.17) is 10.2 Å². The number of hydrogen-bond acceptors (Lipinski definition) is 2. The van der Waals surface area contributed by atoms with Gasteiger partial charge in [-0.15, -0.1) is 0 Å². The van der Waals surface area contributed by atoms with E-state index in [0.29, 0.717) is 0 Å². The lowest BCUT2D eigenvalue weighted by atomic mass is 9.98. The van der Waals surface area contributed by atoms with Gasteiger partial charge in [-0.1, -0.05) is 28.1 Å². The van der Waals surface area contributed by atoms with E-state index in [1.54, 1.807) is 12.5 Å². The summed E-state index contributed by atoms with van der Waals surface area (Å²) in [6, 6.07) is 5.99. The molecule has 84 valence electrons. The van der Waals surface area contributed by atoms with Crippen LogP contribution in [0.2, 0.25) is 0 Å². The highest BCUT2D eigenvalue weighted by molar-refractivity contribution is 9.10. The van der Waals surface area contributed by atoms with Crippen LogP contribution in [0.1, 0.15) is 28.3 Å². The Balaban J connectivity index is 2.42. The van der Waals surface area contributed by atoms with Gasteiger partial charge in [0.15, 0.2) is 0 Å². The molecule has 0 aliphatic rings. The topological polar surface area (TPSA) is 39.2 Å². The highest BCUT2D eigenvalue weighted by Gasteiger charge is 2.12. The van der Waals surface area contributed by atoms with Crippen molar-refractivity contribution in [1.29, 1.82) is 0 Å². The van der Waals surface area contributed by atoms with E-state index in [9.17, 15) is 0 Å². The first-order chi connectivity index (χ1) is 7.59. The zero-order valence-electron chi connectivity index (χ0n) is 9.33. The van der Waals surface area contributed by atoms with Gasteiger partial charge in [-0.25, -0.2) is 0 Å². The average molecular weight is 280 g/mol. The van der Waals surface area contributed by atoms with Crippen LogP contribution in [0.3, 0.4) is 0 Å². The van der Waals surface area contributed by atoms with Gasteiger partial charge in [-0.3, -0.25) is 0 Å². The molecule has 1 atom stereocenters. The Labute approximate surface area is 104 Å². The smallest absolute Gasteiger partial charge is 0.0953 e. The van der Waals surface area contributed by atoms with Gasteiger partial charge in [0.25, 0.3) is 0 Å². The van der Waals surface area contributed by atoms with Gasteiger partial charge in [0.05, 0.1) is 18.6 Å². The van der Waals surface area contributed by atoms with Crippen LogP contribution in [-0.4, -0.2) is 0 Å². The summed E-state index contributed by atoms with van der Waals surface area (Å²) in [4.78, 5) is 0. The van der Waals surface area contributed by atoms with Gasteiger partial charge >= 0.3 is 0 Å². The summed E-state index contributed by atoms with van der Waals surface area (Å²) in [5, 5.41) is 0. The van der Waals surface area contributed by atoms with Gasteiger partial charge < -0.3 is 10.2 Å². The molecule has 0 bridgehead atoms. The molecule has 0 aliphatic heterocycles. The number of nitrogens with two attached hydrogens (primary N) is 1. The van der Waals surface area contributed by atoms with Crippen LogP contribution in [0, 0.1) is 13.8 Å². The summed E-state index contributed by atoms with van der Waals surface area (Å²) >= 11 is 3.55. The van der Waals surface area contributed by atoms with Crippen LogP contribution < -0.4 is 5.73 Å². The van der Waals surface area contributed by atoms with Crippen LogP contribution in [0.5, 0.6) is 0 Å². The fourth-order valence-corrected chi connectivity index (χ4v) is 2.03. The normalized spacial score (nSPS) is 12.8. The number of hydrogen-bond donors (Lipinski definition) is 1. The van der Waals surface area contributed by atoms with E-state index in [1.165, 1.54) is 11.1 Å². The molecule has 3 heteroatoms. The molecule has 0 radical (unpaired) electrons. The summed E-state index contributed by atoms with van der Waals surface area (Å²) in [5.41, 5.74) is 10.7. The summed E-state index contributed by atoms with van der Waals surface area (Å²) < 4.78 is 6.20. The fraction of sp³-hybridized carbons (Fsp3) is 0.231. The molecule has 1 aromatic heterocycles. The van der Waals surface area contributed by atoms with Gasteiger partial charge in [-0.2, -0.15) is 0 Å². The minimum absolute atomic E-state index is 0.121. The Morgan fingerprint density at radius 3 is 2.31 bits per heavy atom. The highest BCUT2D eigenvalue weighted by atomic mass is 79.9. The van der Waals surface area contributed by atoms with Crippen molar-refractivity contribution in [2.75, 3.05) is 0 Å². The molecule has 0 amide bonds. The zero-order chi connectivity index (χ0) is 11.7. The van der Waals surface area contributed by atoms with Crippen molar-refractivity contribution in [3.63, 3.8) is 0 Å². The van der Waals surface area contributed by atoms with Crippen molar-refractivity contribution in [1.82, 2.24) is 0 Å². The second-order valence-corrected chi connectivity index (χ2v) is 4.80. The quantitative estimate of drug-likeness (QED) is 0.910. The van der Waals surface area contributed by atoms with E-state index in [2.05, 4.69) is 41.9 Å². The molecule has 0 fully saturated rings. The maximum absolute atomic E-state index is 6.17. The lowest BCUT2D eigenvalue weighted by molar-refractivity contribution is 0.562. The van der Waals surface area contributed by atoms with E-state index >= 15 is 0 Å². The Morgan fingerprint density at radius 1 is 1.19 bits per heavy atom. The van der Waals surface area contributed by atoms with Crippen LogP contribution in [0.25, 0.3) is 0 Å². The van der Waals surface area contributed by atoms with Gasteiger partial charge in [0, 0.05) is 10.0 Å². The van der Waals surface area contributed by atoms with E-state index in [0.717, 1.165) is 15.6 Å². The summed E-state index contributed by atoms with van der Waals surface area (Å²) in [6.45, 7) is 4.14. The summed E-state index contributed by atoms with van der Waals surface area (Å²) in [7, 11) is 0. The molecule has 0 spiro atoms. The standard InChI is InChI=1S/C13H14BrNO/c1-8-5-11(6-9(2)12(8)14)13(15)10-3-4-16-7-10/h3-7,13H,15H2,1-2H3. The maximum Gasteiger partial charge on any atom is 0.0953 e. The lowest BCUT2D eigenvalue weighted by Crippen LogP contribution is -2.11. The molecular weight excluding hydrogens is 266 g/mol. The Hall–Kier alpha value is -1.06. The van der Waals surface area contributed by atoms with Gasteiger partial charge in [0.1, 0.15) is 0 Å².